The predicted octanol–water partition coefficient (Wildman–Crippen LogP) is 2.84. The summed E-state index contributed by atoms with van der Waals surface area (Å²) in [5.74, 6) is 0.619. The number of hydrogen-bond acceptors (Lipinski definition) is 4. The molecular formula is C17H25BrN2O4S. The van der Waals surface area contributed by atoms with Gasteiger partial charge in [-0.15, -0.1) is 0 Å². The van der Waals surface area contributed by atoms with E-state index in [0.717, 1.165) is 28.6 Å². The van der Waals surface area contributed by atoms with Crippen molar-refractivity contribution >= 4 is 31.9 Å². The summed E-state index contributed by atoms with van der Waals surface area (Å²) in [5, 5.41) is 2.91. The van der Waals surface area contributed by atoms with E-state index in [1.807, 2.05) is 25.1 Å². The molecule has 1 aliphatic heterocycles. The first-order valence-corrected chi connectivity index (χ1v) is 10.8. The number of rotatable bonds is 8. The molecule has 0 spiro atoms. The van der Waals surface area contributed by atoms with Gasteiger partial charge in [0.2, 0.25) is 15.9 Å². The van der Waals surface area contributed by atoms with Crippen LogP contribution in [0.2, 0.25) is 0 Å². The Bertz CT molecular complexity index is 703. The number of carbonyl (C=O) groups is 1. The molecule has 0 bridgehead atoms. The van der Waals surface area contributed by atoms with Crippen LogP contribution in [0, 0.1) is 0 Å². The zero-order chi connectivity index (χ0) is 18.4. The summed E-state index contributed by atoms with van der Waals surface area (Å²) in [4.78, 5) is 12.1. The summed E-state index contributed by atoms with van der Waals surface area (Å²) in [5.41, 5.74) is 0.950. The van der Waals surface area contributed by atoms with Crippen molar-refractivity contribution in [3.8, 4) is 5.75 Å². The number of ether oxygens (including phenoxy) is 1. The van der Waals surface area contributed by atoms with Crippen molar-refractivity contribution in [2.45, 2.75) is 38.6 Å². The van der Waals surface area contributed by atoms with Crippen LogP contribution in [0.1, 0.15) is 44.2 Å². The summed E-state index contributed by atoms with van der Waals surface area (Å²) in [6.07, 6.45) is 2.39. The number of methoxy groups -OCH3 is 1. The van der Waals surface area contributed by atoms with Crippen molar-refractivity contribution in [1.29, 1.82) is 0 Å². The fraction of sp³-hybridized carbons (Fsp3) is 0.588. The first-order valence-electron chi connectivity index (χ1n) is 8.44. The van der Waals surface area contributed by atoms with Crippen LogP contribution in [-0.2, 0) is 14.8 Å². The van der Waals surface area contributed by atoms with E-state index in [0.29, 0.717) is 19.5 Å². The predicted molar refractivity (Wildman–Crippen MR) is 101 cm³/mol. The summed E-state index contributed by atoms with van der Waals surface area (Å²) in [7, 11) is -1.62. The highest BCUT2D eigenvalue weighted by Crippen LogP contribution is 2.28. The van der Waals surface area contributed by atoms with Gasteiger partial charge < -0.3 is 10.1 Å². The van der Waals surface area contributed by atoms with Gasteiger partial charge in [0.1, 0.15) is 5.75 Å². The maximum Gasteiger partial charge on any atom is 0.220 e. The molecule has 8 heteroatoms. The van der Waals surface area contributed by atoms with Crippen LogP contribution in [0.3, 0.4) is 0 Å². The number of nitrogens with zero attached hydrogens (tertiary/aromatic N) is 1. The Hall–Kier alpha value is -1.12. The zero-order valence-electron chi connectivity index (χ0n) is 14.6. The Morgan fingerprint density at radius 3 is 2.64 bits per heavy atom. The van der Waals surface area contributed by atoms with Gasteiger partial charge in [-0.25, -0.2) is 12.7 Å². The molecule has 1 aliphatic rings. The second kappa shape index (κ2) is 9.00. The van der Waals surface area contributed by atoms with E-state index in [-0.39, 0.29) is 24.1 Å². The minimum absolute atomic E-state index is 0.0306. The highest BCUT2D eigenvalue weighted by atomic mass is 79.9. The quantitative estimate of drug-likeness (QED) is 0.684. The molecule has 6 nitrogen and oxygen atoms in total. The van der Waals surface area contributed by atoms with Crippen LogP contribution in [0.25, 0.3) is 0 Å². The molecule has 1 aromatic carbocycles. The molecule has 1 amide bonds. The molecule has 2 rings (SSSR count). The molecule has 1 saturated heterocycles. The van der Waals surface area contributed by atoms with Gasteiger partial charge in [-0.1, -0.05) is 6.07 Å². The van der Waals surface area contributed by atoms with E-state index in [1.54, 1.807) is 7.11 Å². The molecule has 0 saturated carbocycles. The van der Waals surface area contributed by atoms with Crippen LogP contribution in [0.5, 0.6) is 5.75 Å². The molecule has 25 heavy (non-hydrogen) atoms. The molecule has 1 N–H and O–H groups in total. The monoisotopic (exact) mass is 432 g/mol. The Kier molecular flexibility index (Phi) is 7.27. The number of carbonyl (C=O) groups excluding carboxylic acids is 1. The van der Waals surface area contributed by atoms with Gasteiger partial charge in [-0.3, -0.25) is 4.79 Å². The lowest BCUT2D eigenvalue weighted by atomic mass is 10.1. The van der Waals surface area contributed by atoms with Crippen molar-refractivity contribution < 1.29 is 17.9 Å². The lowest BCUT2D eigenvalue weighted by molar-refractivity contribution is -0.121. The topological polar surface area (TPSA) is 75.7 Å². The summed E-state index contributed by atoms with van der Waals surface area (Å²) in [6.45, 7) is 3.11. The lowest BCUT2D eigenvalue weighted by Gasteiger charge is -2.17. The van der Waals surface area contributed by atoms with Gasteiger partial charge in [0, 0.05) is 19.5 Å². The second-order valence-electron chi connectivity index (χ2n) is 6.21. The normalized spacial score (nSPS) is 16.6. The van der Waals surface area contributed by atoms with Crippen LogP contribution < -0.4 is 10.1 Å². The maximum atomic E-state index is 12.1. The van der Waals surface area contributed by atoms with Crippen molar-refractivity contribution in [2.75, 3.05) is 26.0 Å². The lowest BCUT2D eigenvalue weighted by Crippen LogP contribution is -2.31. The fourth-order valence-electron chi connectivity index (χ4n) is 2.86. The van der Waals surface area contributed by atoms with Crippen molar-refractivity contribution in [3.05, 3.63) is 28.2 Å². The van der Waals surface area contributed by atoms with Crippen molar-refractivity contribution in [1.82, 2.24) is 9.62 Å². The SMILES string of the molecule is COc1ccc(C(C)NC(=O)CCCS(=O)(=O)N2CCCC2)cc1Br. The first-order chi connectivity index (χ1) is 11.8. The van der Waals surface area contributed by atoms with E-state index in [9.17, 15) is 13.2 Å². The summed E-state index contributed by atoms with van der Waals surface area (Å²) in [6, 6.07) is 5.48. The number of sulfonamides is 1. The van der Waals surface area contributed by atoms with Crippen molar-refractivity contribution in [3.63, 3.8) is 0 Å². The smallest absolute Gasteiger partial charge is 0.220 e. The highest BCUT2D eigenvalue weighted by Gasteiger charge is 2.25. The number of nitrogens with one attached hydrogen (secondary N) is 1. The van der Waals surface area contributed by atoms with E-state index in [4.69, 9.17) is 4.74 Å². The average molecular weight is 433 g/mol. The van der Waals surface area contributed by atoms with Gasteiger partial charge in [0.05, 0.1) is 23.4 Å². The molecule has 1 unspecified atom stereocenters. The highest BCUT2D eigenvalue weighted by molar-refractivity contribution is 9.10. The Balaban J connectivity index is 1.80. The molecule has 0 radical (unpaired) electrons. The van der Waals surface area contributed by atoms with E-state index in [2.05, 4.69) is 21.2 Å². The zero-order valence-corrected chi connectivity index (χ0v) is 17.0. The van der Waals surface area contributed by atoms with E-state index in [1.165, 1.54) is 4.31 Å². The van der Waals surface area contributed by atoms with Crippen LogP contribution >= 0.6 is 15.9 Å². The summed E-state index contributed by atoms with van der Waals surface area (Å²) < 4.78 is 31.8. The molecular weight excluding hydrogens is 408 g/mol. The standard InChI is InChI=1S/C17H25BrN2O4S/c1-13(14-7-8-16(24-2)15(18)12-14)19-17(21)6-5-11-25(22,23)20-9-3-4-10-20/h7-8,12-13H,3-6,9-11H2,1-2H3,(H,19,21). The molecule has 1 aromatic rings. The number of benzene rings is 1. The minimum atomic E-state index is -3.22. The van der Waals surface area contributed by atoms with Gasteiger partial charge >= 0.3 is 0 Å². The molecule has 1 fully saturated rings. The van der Waals surface area contributed by atoms with Crippen molar-refractivity contribution in [2.24, 2.45) is 0 Å². The largest absolute Gasteiger partial charge is 0.496 e. The first kappa shape index (κ1) is 20.2. The Morgan fingerprint density at radius 1 is 1.36 bits per heavy atom. The van der Waals surface area contributed by atoms with Gasteiger partial charge in [-0.05, 0) is 59.8 Å². The Morgan fingerprint density at radius 2 is 2.04 bits per heavy atom. The number of hydrogen-bond donors (Lipinski definition) is 1. The Labute approximate surface area is 158 Å². The van der Waals surface area contributed by atoms with Gasteiger partial charge in [-0.2, -0.15) is 0 Å². The molecule has 1 atom stereocenters. The minimum Gasteiger partial charge on any atom is -0.496 e. The second-order valence-corrected chi connectivity index (χ2v) is 9.15. The van der Waals surface area contributed by atoms with E-state index < -0.39 is 10.0 Å². The molecule has 0 aromatic heterocycles. The third kappa shape index (κ3) is 5.69. The van der Waals surface area contributed by atoms with Crippen LogP contribution in [0.15, 0.2) is 22.7 Å². The molecule has 140 valence electrons. The summed E-state index contributed by atoms with van der Waals surface area (Å²) >= 11 is 3.43. The van der Waals surface area contributed by atoms with E-state index >= 15 is 0 Å². The van der Waals surface area contributed by atoms with Gasteiger partial charge in [0.25, 0.3) is 0 Å². The third-order valence-electron chi connectivity index (χ3n) is 4.32. The maximum absolute atomic E-state index is 12.1. The number of amides is 1. The number of halogens is 1. The molecule has 0 aliphatic carbocycles. The fourth-order valence-corrected chi connectivity index (χ4v) is 5.00. The van der Waals surface area contributed by atoms with Gasteiger partial charge in [0.15, 0.2) is 0 Å². The average Bonchev–Trinajstić information content (AvgIpc) is 3.09. The van der Waals surface area contributed by atoms with Crippen LogP contribution in [0.4, 0.5) is 0 Å². The molecule has 1 heterocycles. The van der Waals surface area contributed by atoms with Crippen LogP contribution in [-0.4, -0.2) is 44.6 Å². The third-order valence-corrected chi connectivity index (χ3v) is 6.89.